The fourth-order valence-corrected chi connectivity index (χ4v) is 2.63. The predicted molar refractivity (Wildman–Crippen MR) is 75.1 cm³/mol. The van der Waals surface area contributed by atoms with Crippen molar-refractivity contribution in [3.8, 4) is 5.75 Å². The van der Waals surface area contributed by atoms with Crippen LogP contribution in [0.2, 0.25) is 0 Å². The van der Waals surface area contributed by atoms with Crippen molar-refractivity contribution < 1.29 is 13.5 Å². The third kappa shape index (κ3) is 4.52. The Morgan fingerprint density at radius 2 is 2.20 bits per heavy atom. The van der Waals surface area contributed by atoms with E-state index in [2.05, 4.69) is 14.7 Å². The zero-order valence-electron chi connectivity index (χ0n) is 10.8. The standard InChI is InChI=1S/C12H16F2N4OS/c13-11(14)19-10-2-1-9(16-8-10)7-17-12(15)18-3-5-20-6-4-18/h1-2,8,11H,3-7H2,(H2,15,17). The van der Waals surface area contributed by atoms with Crippen molar-refractivity contribution in [2.45, 2.75) is 13.2 Å². The molecule has 0 atom stereocenters. The molecule has 1 saturated heterocycles. The van der Waals surface area contributed by atoms with Gasteiger partial charge in [-0.15, -0.1) is 0 Å². The van der Waals surface area contributed by atoms with E-state index in [1.54, 1.807) is 6.07 Å². The highest BCUT2D eigenvalue weighted by molar-refractivity contribution is 7.99. The first-order valence-electron chi connectivity index (χ1n) is 6.17. The van der Waals surface area contributed by atoms with Crippen molar-refractivity contribution in [2.24, 2.45) is 10.7 Å². The van der Waals surface area contributed by atoms with Gasteiger partial charge in [-0.2, -0.15) is 20.5 Å². The Hall–Kier alpha value is -1.57. The van der Waals surface area contributed by atoms with Crippen LogP contribution < -0.4 is 10.5 Å². The molecular formula is C12H16F2N4OS. The Morgan fingerprint density at radius 1 is 1.45 bits per heavy atom. The zero-order valence-corrected chi connectivity index (χ0v) is 11.7. The smallest absolute Gasteiger partial charge is 0.387 e. The van der Waals surface area contributed by atoms with Gasteiger partial charge in [0.25, 0.3) is 0 Å². The van der Waals surface area contributed by atoms with Crippen LogP contribution in [0.1, 0.15) is 5.69 Å². The van der Waals surface area contributed by atoms with Gasteiger partial charge >= 0.3 is 6.61 Å². The number of aromatic nitrogens is 1. The third-order valence-electron chi connectivity index (χ3n) is 2.76. The Bertz CT molecular complexity index is 449. The van der Waals surface area contributed by atoms with Gasteiger partial charge in [-0.1, -0.05) is 0 Å². The molecule has 0 aliphatic carbocycles. The molecule has 1 aliphatic rings. The number of thioether (sulfide) groups is 1. The van der Waals surface area contributed by atoms with Crippen LogP contribution in [-0.2, 0) is 6.54 Å². The van der Waals surface area contributed by atoms with Crippen molar-refractivity contribution in [2.75, 3.05) is 24.6 Å². The van der Waals surface area contributed by atoms with E-state index in [-0.39, 0.29) is 5.75 Å². The van der Waals surface area contributed by atoms with E-state index in [0.29, 0.717) is 18.2 Å². The quantitative estimate of drug-likeness (QED) is 0.675. The number of aliphatic imine (C=N–C) groups is 1. The van der Waals surface area contributed by atoms with E-state index in [4.69, 9.17) is 5.73 Å². The lowest BCUT2D eigenvalue weighted by molar-refractivity contribution is -0.0500. The summed E-state index contributed by atoms with van der Waals surface area (Å²) in [6.45, 7) is -0.721. The highest BCUT2D eigenvalue weighted by atomic mass is 32.2. The van der Waals surface area contributed by atoms with Crippen LogP contribution in [0, 0.1) is 0 Å². The fraction of sp³-hybridized carbons (Fsp3) is 0.500. The van der Waals surface area contributed by atoms with E-state index in [1.807, 2.05) is 16.7 Å². The summed E-state index contributed by atoms with van der Waals surface area (Å²) in [6.07, 6.45) is 1.25. The van der Waals surface area contributed by atoms with Crippen LogP contribution in [0.5, 0.6) is 5.75 Å². The van der Waals surface area contributed by atoms with Gasteiger partial charge in [-0.25, -0.2) is 4.99 Å². The topological polar surface area (TPSA) is 63.7 Å². The van der Waals surface area contributed by atoms with Crippen molar-refractivity contribution in [3.63, 3.8) is 0 Å². The lowest BCUT2D eigenvalue weighted by Gasteiger charge is -2.27. The second kappa shape index (κ2) is 7.28. The summed E-state index contributed by atoms with van der Waals surface area (Å²) in [6, 6.07) is 3.04. The van der Waals surface area contributed by atoms with Gasteiger partial charge < -0.3 is 15.4 Å². The minimum Gasteiger partial charge on any atom is -0.433 e. The number of pyridine rings is 1. The van der Waals surface area contributed by atoms with E-state index >= 15 is 0 Å². The summed E-state index contributed by atoms with van der Waals surface area (Å²) < 4.78 is 28.2. The Morgan fingerprint density at radius 3 is 2.80 bits per heavy atom. The van der Waals surface area contributed by atoms with Crippen LogP contribution >= 0.6 is 11.8 Å². The summed E-state index contributed by atoms with van der Waals surface area (Å²) >= 11 is 1.90. The van der Waals surface area contributed by atoms with Gasteiger partial charge in [-0.3, -0.25) is 4.98 Å². The molecule has 2 N–H and O–H groups in total. The molecular weight excluding hydrogens is 286 g/mol. The largest absolute Gasteiger partial charge is 0.433 e. The minimum atomic E-state index is -2.84. The van der Waals surface area contributed by atoms with Crippen molar-refractivity contribution in [1.29, 1.82) is 0 Å². The number of nitrogens with two attached hydrogens (primary N) is 1. The van der Waals surface area contributed by atoms with Gasteiger partial charge in [0.2, 0.25) is 0 Å². The molecule has 0 amide bonds. The Labute approximate surface area is 120 Å². The van der Waals surface area contributed by atoms with Crippen LogP contribution in [-0.4, -0.2) is 47.1 Å². The summed E-state index contributed by atoms with van der Waals surface area (Å²) in [5, 5.41) is 0. The number of ether oxygens (including phenoxy) is 1. The summed E-state index contributed by atoms with van der Waals surface area (Å²) in [7, 11) is 0. The lowest BCUT2D eigenvalue weighted by Crippen LogP contribution is -2.42. The van der Waals surface area contributed by atoms with E-state index in [0.717, 1.165) is 24.6 Å². The molecule has 1 aliphatic heterocycles. The highest BCUT2D eigenvalue weighted by Crippen LogP contribution is 2.13. The molecule has 1 fully saturated rings. The van der Waals surface area contributed by atoms with Gasteiger partial charge in [-0.05, 0) is 12.1 Å². The summed E-state index contributed by atoms with van der Waals surface area (Å²) in [5.74, 6) is 2.64. The first-order valence-corrected chi connectivity index (χ1v) is 7.33. The van der Waals surface area contributed by atoms with Gasteiger partial charge in [0.1, 0.15) is 5.75 Å². The maximum absolute atomic E-state index is 12.0. The van der Waals surface area contributed by atoms with Crippen LogP contribution in [0.3, 0.4) is 0 Å². The number of halogens is 2. The molecule has 0 radical (unpaired) electrons. The molecule has 0 unspecified atom stereocenters. The monoisotopic (exact) mass is 302 g/mol. The first-order chi connectivity index (χ1) is 9.65. The second-order valence-corrected chi connectivity index (χ2v) is 5.36. The normalized spacial score (nSPS) is 16.6. The van der Waals surface area contributed by atoms with Gasteiger partial charge in [0, 0.05) is 24.6 Å². The molecule has 0 spiro atoms. The number of alkyl halides is 2. The SMILES string of the molecule is NC(=NCc1ccc(OC(F)F)cn1)N1CCSCC1. The van der Waals surface area contributed by atoms with Crippen molar-refractivity contribution in [3.05, 3.63) is 24.0 Å². The molecule has 1 aromatic rings. The number of nitrogens with zero attached hydrogens (tertiary/aromatic N) is 3. The average Bonchev–Trinajstić information content (AvgIpc) is 2.46. The van der Waals surface area contributed by atoms with Gasteiger partial charge in [0.15, 0.2) is 5.96 Å². The number of guanidine groups is 1. The summed E-state index contributed by atoms with van der Waals surface area (Å²) in [4.78, 5) is 10.3. The third-order valence-corrected chi connectivity index (χ3v) is 3.70. The molecule has 8 heteroatoms. The van der Waals surface area contributed by atoms with Crippen LogP contribution in [0.25, 0.3) is 0 Å². The van der Waals surface area contributed by atoms with Crippen molar-refractivity contribution >= 4 is 17.7 Å². The number of hydrogen-bond donors (Lipinski definition) is 1. The number of rotatable bonds is 4. The number of hydrogen-bond acceptors (Lipinski definition) is 4. The highest BCUT2D eigenvalue weighted by Gasteiger charge is 2.12. The molecule has 1 aromatic heterocycles. The predicted octanol–water partition coefficient (Wildman–Crippen LogP) is 1.55. The lowest BCUT2D eigenvalue weighted by atomic mass is 10.3. The summed E-state index contributed by atoms with van der Waals surface area (Å²) in [5.41, 5.74) is 6.56. The maximum atomic E-state index is 12.0. The van der Waals surface area contributed by atoms with Crippen LogP contribution in [0.15, 0.2) is 23.3 Å². The average molecular weight is 302 g/mol. The molecule has 0 bridgehead atoms. The fourth-order valence-electron chi connectivity index (χ4n) is 1.73. The second-order valence-electron chi connectivity index (χ2n) is 4.14. The maximum Gasteiger partial charge on any atom is 0.387 e. The molecule has 110 valence electrons. The van der Waals surface area contributed by atoms with E-state index in [9.17, 15) is 8.78 Å². The molecule has 2 rings (SSSR count). The van der Waals surface area contributed by atoms with Crippen LogP contribution in [0.4, 0.5) is 8.78 Å². The molecule has 20 heavy (non-hydrogen) atoms. The minimum absolute atomic E-state index is 0.0359. The molecule has 5 nitrogen and oxygen atoms in total. The molecule has 0 aromatic carbocycles. The van der Waals surface area contributed by atoms with Crippen molar-refractivity contribution in [1.82, 2.24) is 9.88 Å². The van der Waals surface area contributed by atoms with Gasteiger partial charge in [0.05, 0.1) is 18.4 Å². The Kier molecular flexibility index (Phi) is 5.40. The first kappa shape index (κ1) is 14.8. The molecule has 2 heterocycles. The Balaban J connectivity index is 1.89. The zero-order chi connectivity index (χ0) is 14.4. The molecule has 0 saturated carbocycles. The van der Waals surface area contributed by atoms with E-state index < -0.39 is 6.61 Å². The van der Waals surface area contributed by atoms with E-state index in [1.165, 1.54) is 12.3 Å².